The molecule has 1 saturated carbocycles. The van der Waals surface area contributed by atoms with Crippen molar-refractivity contribution < 1.29 is 15.0 Å². The van der Waals surface area contributed by atoms with Crippen molar-refractivity contribution >= 4 is 5.97 Å². The first-order valence-electron chi connectivity index (χ1n) is 5.91. The number of hydrogen-bond donors (Lipinski definition) is 2. The van der Waals surface area contributed by atoms with E-state index >= 15 is 0 Å². The molecule has 3 nitrogen and oxygen atoms in total. The summed E-state index contributed by atoms with van der Waals surface area (Å²) in [5, 5.41) is 18.3. The Labute approximate surface area is 91.5 Å². The lowest BCUT2D eigenvalue weighted by Crippen LogP contribution is -2.33. The minimum atomic E-state index is -0.796. The first kappa shape index (κ1) is 12.5. The van der Waals surface area contributed by atoms with E-state index in [-0.39, 0.29) is 13.0 Å². The number of carbonyl (C=O) groups is 1. The average Bonchev–Trinajstić information content (AvgIpc) is 2.44. The predicted molar refractivity (Wildman–Crippen MR) is 58.6 cm³/mol. The zero-order chi connectivity index (χ0) is 11.3. The van der Waals surface area contributed by atoms with Crippen LogP contribution >= 0.6 is 0 Å². The van der Waals surface area contributed by atoms with Crippen LogP contribution < -0.4 is 0 Å². The molecule has 1 atom stereocenters. The molecule has 0 saturated heterocycles. The van der Waals surface area contributed by atoms with Crippen LogP contribution in [0.1, 0.15) is 51.9 Å². The van der Waals surface area contributed by atoms with Gasteiger partial charge in [0, 0.05) is 12.0 Å². The fourth-order valence-electron chi connectivity index (χ4n) is 2.65. The van der Waals surface area contributed by atoms with Gasteiger partial charge in [0.15, 0.2) is 0 Å². The summed E-state index contributed by atoms with van der Waals surface area (Å²) in [5.41, 5.74) is -0.420. The molecule has 2 N–H and O–H groups in total. The highest BCUT2D eigenvalue weighted by molar-refractivity contribution is 5.67. The number of aliphatic hydroxyl groups excluding tert-OH is 1. The summed E-state index contributed by atoms with van der Waals surface area (Å²) in [5.74, 6) is -0.420. The van der Waals surface area contributed by atoms with Gasteiger partial charge in [0.2, 0.25) is 0 Å². The highest BCUT2D eigenvalue weighted by Gasteiger charge is 2.35. The van der Waals surface area contributed by atoms with Crippen LogP contribution in [-0.2, 0) is 4.79 Å². The van der Waals surface area contributed by atoms with E-state index in [1.807, 2.05) is 6.92 Å². The summed E-state index contributed by atoms with van der Waals surface area (Å²) < 4.78 is 0. The number of aliphatic carboxylic acids is 1. The van der Waals surface area contributed by atoms with Crippen molar-refractivity contribution in [3.05, 3.63) is 0 Å². The summed E-state index contributed by atoms with van der Waals surface area (Å²) in [6.07, 6.45) is 7.11. The van der Waals surface area contributed by atoms with Gasteiger partial charge in [-0.3, -0.25) is 4.79 Å². The van der Waals surface area contributed by atoms with E-state index in [1.54, 1.807) is 0 Å². The quantitative estimate of drug-likeness (QED) is 0.707. The Hall–Kier alpha value is -0.570. The molecule has 0 aromatic rings. The molecule has 88 valence electrons. The van der Waals surface area contributed by atoms with Crippen LogP contribution in [0.15, 0.2) is 0 Å². The van der Waals surface area contributed by atoms with Crippen LogP contribution in [0.4, 0.5) is 0 Å². The molecule has 0 aliphatic heterocycles. The highest BCUT2D eigenvalue weighted by atomic mass is 16.4. The van der Waals surface area contributed by atoms with Gasteiger partial charge in [-0.25, -0.2) is 0 Å². The fourth-order valence-corrected chi connectivity index (χ4v) is 2.65. The Morgan fingerprint density at radius 1 is 1.27 bits per heavy atom. The molecule has 1 aliphatic rings. The number of carboxylic acid groups (broad SMARTS) is 1. The van der Waals surface area contributed by atoms with Crippen molar-refractivity contribution in [1.82, 2.24) is 0 Å². The summed E-state index contributed by atoms with van der Waals surface area (Å²) in [4.78, 5) is 10.8. The van der Waals surface area contributed by atoms with Crippen LogP contribution in [0.2, 0.25) is 0 Å². The lowest BCUT2D eigenvalue weighted by atomic mass is 9.71. The van der Waals surface area contributed by atoms with Gasteiger partial charge < -0.3 is 10.2 Å². The molecule has 0 heterocycles. The van der Waals surface area contributed by atoms with Crippen LogP contribution in [0.5, 0.6) is 0 Å². The van der Waals surface area contributed by atoms with Gasteiger partial charge in [-0.05, 0) is 18.8 Å². The van der Waals surface area contributed by atoms with Crippen molar-refractivity contribution in [3.63, 3.8) is 0 Å². The summed E-state index contributed by atoms with van der Waals surface area (Å²) in [6, 6.07) is 0. The molecule has 1 aliphatic carbocycles. The van der Waals surface area contributed by atoms with Crippen molar-refractivity contribution in [3.8, 4) is 0 Å². The third-order valence-corrected chi connectivity index (χ3v) is 3.76. The third-order valence-electron chi connectivity index (χ3n) is 3.76. The number of carboxylic acids is 1. The second-order valence-electron chi connectivity index (χ2n) is 5.07. The Balaban J connectivity index is 2.64. The van der Waals surface area contributed by atoms with Crippen LogP contribution in [0.25, 0.3) is 0 Å². The fraction of sp³-hybridized carbons (Fsp3) is 0.917. The van der Waals surface area contributed by atoms with E-state index < -0.39 is 11.4 Å². The first-order valence-corrected chi connectivity index (χ1v) is 5.91. The maximum atomic E-state index is 10.8. The van der Waals surface area contributed by atoms with E-state index in [9.17, 15) is 9.90 Å². The number of hydrogen-bond acceptors (Lipinski definition) is 2. The molecule has 0 bridgehead atoms. The van der Waals surface area contributed by atoms with Gasteiger partial charge >= 0.3 is 5.97 Å². The van der Waals surface area contributed by atoms with Gasteiger partial charge in [0.25, 0.3) is 0 Å². The smallest absolute Gasteiger partial charge is 0.303 e. The second-order valence-corrected chi connectivity index (χ2v) is 5.07. The zero-order valence-electron chi connectivity index (χ0n) is 9.54. The minimum Gasteiger partial charge on any atom is -0.481 e. The van der Waals surface area contributed by atoms with Crippen molar-refractivity contribution in [2.75, 3.05) is 6.61 Å². The van der Waals surface area contributed by atoms with E-state index in [0.29, 0.717) is 5.92 Å². The lowest BCUT2D eigenvalue weighted by Gasteiger charge is -2.34. The SMILES string of the molecule is CC(CO)(CC(=O)O)C1CCCCCC1. The Morgan fingerprint density at radius 3 is 2.20 bits per heavy atom. The Morgan fingerprint density at radius 2 is 1.80 bits per heavy atom. The molecule has 0 spiro atoms. The predicted octanol–water partition coefficient (Wildman–Crippen LogP) is 2.43. The topological polar surface area (TPSA) is 57.5 Å². The van der Waals surface area contributed by atoms with E-state index in [1.165, 1.54) is 25.7 Å². The monoisotopic (exact) mass is 214 g/mol. The van der Waals surface area contributed by atoms with E-state index in [0.717, 1.165) is 12.8 Å². The Kier molecular flexibility index (Phi) is 4.58. The van der Waals surface area contributed by atoms with Crippen LogP contribution in [0.3, 0.4) is 0 Å². The molecular formula is C12H22O3. The normalized spacial score (nSPS) is 23.1. The van der Waals surface area contributed by atoms with Crippen LogP contribution in [-0.4, -0.2) is 22.8 Å². The highest BCUT2D eigenvalue weighted by Crippen LogP contribution is 2.39. The average molecular weight is 214 g/mol. The first-order chi connectivity index (χ1) is 7.08. The second kappa shape index (κ2) is 5.50. The maximum absolute atomic E-state index is 10.8. The molecule has 0 amide bonds. The van der Waals surface area contributed by atoms with Gasteiger partial charge in [-0.1, -0.05) is 32.6 Å². The molecule has 0 radical (unpaired) electrons. The van der Waals surface area contributed by atoms with Gasteiger partial charge in [0.05, 0.1) is 6.42 Å². The maximum Gasteiger partial charge on any atom is 0.303 e. The molecule has 1 unspecified atom stereocenters. The molecule has 0 aromatic carbocycles. The number of aliphatic hydroxyl groups is 1. The van der Waals surface area contributed by atoms with Crippen LogP contribution in [0, 0.1) is 11.3 Å². The molecule has 1 fully saturated rings. The van der Waals surface area contributed by atoms with E-state index in [2.05, 4.69) is 0 Å². The van der Waals surface area contributed by atoms with Crippen molar-refractivity contribution in [1.29, 1.82) is 0 Å². The van der Waals surface area contributed by atoms with E-state index in [4.69, 9.17) is 5.11 Å². The number of rotatable bonds is 4. The van der Waals surface area contributed by atoms with Crippen molar-refractivity contribution in [2.24, 2.45) is 11.3 Å². The molecule has 0 aromatic heterocycles. The summed E-state index contributed by atoms with van der Waals surface area (Å²) >= 11 is 0. The molecule has 3 heteroatoms. The van der Waals surface area contributed by atoms with Gasteiger partial charge in [-0.2, -0.15) is 0 Å². The Bertz CT molecular complexity index is 207. The standard InChI is InChI=1S/C12H22O3/c1-12(9-13,8-11(14)15)10-6-4-2-3-5-7-10/h10,13H,2-9H2,1H3,(H,14,15). The molecule has 15 heavy (non-hydrogen) atoms. The third kappa shape index (κ3) is 3.49. The largest absolute Gasteiger partial charge is 0.481 e. The minimum absolute atomic E-state index is 0.00995. The lowest BCUT2D eigenvalue weighted by molar-refractivity contribution is -0.141. The molecule has 1 rings (SSSR count). The summed E-state index contributed by atoms with van der Waals surface area (Å²) in [7, 11) is 0. The van der Waals surface area contributed by atoms with Crippen molar-refractivity contribution in [2.45, 2.75) is 51.9 Å². The molecular weight excluding hydrogens is 192 g/mol. The van der Waals surface area contributed by atoms with Gasteiger partial charge in [0.1, 0.15) is 0 Å². The zero-order valence-corrected chi connectivity index (χ0v) is 9.54. The summed E-state index contributed by atoms with van der Waals surface area (Å²) in [6.45, 7) is 1.90. The van der Waals surface area contributed by atoms with Gasteiger partial charge in [-0.15, -0.1) is 0 Å².